The van der Waals surface area contributed by atoms with Gasteiger partial charge in [0.2, 0.25) is 0 Å². The van der Waals surface area contributed by atoms with Crippen molar-refractivity contribution in [3.8, 4) is 0 Å². The van der Waals surface area contributed by atoms with Crippen molar-refractivity contribution in [3.05, 3.63) is 90.8 Å². The van der Waals surface area contributed by atoms with Crippen LogP contribution in [-0.4, -0.2) is 21.2 Å². The Morgan fingerprint density at radius 1 is 0.939 bits per heavy atom. The number of carbonyl (C=O) groups excluding carboxylic acids is 2. The van der Waals surface area contributed by atoms with Crippen molar-refractivity contribution in [1.82, 2.24) is 9.38 Å². The van der Waals surface area contributed by atoms with Crippen LogP contribution in [0.5, 0.6) is 0 Å². The van der Waals surface area contributed by atoms with E-state index in [-0.39, 0.29) is 15.5 Å². The number of benzene rings is 2. The normalized spacial score (nSPS) is 10.9. The Balaban J connectivity index is 1.82. The van der Waals surface area contributed by atoms with E-state index < -0.39 is 17.4 Å². The fourth-order valence-corrected chi connectivity index (χ4v) is 4.75. The van der Waals surface area contributed by atoms with Crippen LogP contribution < -0.4 is 16.2 Å². The van der Waals surface area contributed by atoms with E-state index in [2.05, 4.69) is 15.6 Å². The molecule has 2 amide bonds. The molecular formula is C24H21ClN4O3S. The Labute approximate surface area is 199 Å². The molecule has 0 atom stereocenters. The lowest BCUT2D eigenvalue weighted by molar-refractivity contribution is 0.0989. The number of aromatic nitrogens is 2. The van der Waals surface area contributed by atoms with Crippen molar-refractivity contribution in [1.29, 1.82) is 0 Å². The summed E-state index contributed by atoms with van der Waals surface area (Å²) < 4.78 is 1.18. The number of hydrogen-bond acceptors (Lipinski definition) is 5. The fraction of sp³-hybridized carbons (Fsp3) is 0.167. The number of nitrogens with zero attached hydrogens (tertiary/aromatic N) is 2. The molecule has 0 aliphatic rings. The monoisotopic (exact) mass is 480 g/mol. The second kappa shape index (κ2) is 8.80. The molecule has 33 heavy (non-hydrogen) atoms. The second-order valence-electron chi connectivity index (χ2n) is 7.75. The summed E-state index contributed by atoms with van der Waals surface area (Å²) >= 11 is 7.01. The number of fused-ring (bicyclic) bond motifs is 1. The molecule has 0 bridgehead atoms. The van der Waals surface area contributed by atoms with E-state index in [1.54, 1.807) is 38.1 Å². The first kappa shape index (κ1) is 22.7. The van der Waals surface area contributed by atoms with Crippen molar-refractivity contribution >= 4 is 51.1 Å². The number of hydrogen-bond donors (Lipinski definition) is 2. The topological polar surface area (TPSA) is 92.6 Å². The lowest BCUT2D eigenvalue weighted by Gasteiger charge is -2.12. The molecule has 9 heteroatoms. The number of aryl methyl sites for hydroxylation is 3. The van der Waals surface area contributed by atoms with Crippen molar-refractivity contribution in [2.24, 2.45) is 0 Å². The smallest absolute Gasteiger partial charge is 0.274 e. The number of rotatable bonds is 4. The first-order valence-electron chi connectivity index (χ1n) is 10.1. The summed E-state index contributed by atoms with van der Waals surface area (Å²) in [5.74, 6) is -1.08. The Hall–Kier alpha value is -3.49. The number of anilines is 2. The van der Waals surface area contributed by atoms with Crippen LogP contribution in [0.25, 0.3) is 4.96 Å². The standard InChI is InChI=1S/C24H21ClN4O3S/c1-12-6-5-7-18(15(12)4)28-23(32)21-20(29-19(30)11-14(3)26-24(29)33-21)22(31)27-17-9-8-16(25)10-13(17)2/h5-11H,1-4H3,(H,27,31)(H,28,32). The minimum Gasteiger partial charge on any atom is -0.321 e. The van der Waals surface area contributed by atoms with Gasteiger partial charge in [-0.1, -0.05) is 35.1 Å². The van der Waals surface area contributed by atoms with Crippen LogP contribution in [-0.2, 0) is 0 Å². The van der Waals surface area contributed by atoms with Crippen molar-refractivity contribution < 1.29 is 9.59 Å². The maximum Gasteiger partial charge on any atom is 0.274 e. The molecule has 4 aromatic rings. The van der Waals surface area contributed by atoms with Gasteiger partial charge in [-0.15, -0.1) is 0 Å². The van der Waals surface area contributed by atoms with E-state index >= 15 is 0 Å². The zero-order valence-corrected chi connectivity index (χ0v) is 20.0. The Kier molecular flexibility index (Phi) is 6.05. The predicted molar refractivity (Wildman–Crippen MR) is 132 cm³/mol. The SMILES string of the molecule is Cc1cc(=O)n2c(C(=O)Nc3ccc(Cl)cc3C)c(C(=O)Nc3cccc(C)c3C)sc2n1. The van der Waals surface area contributed by atoms with E-state index in [1.165, 1.54) is 10.5 Å². The largest absolute Gasteiger partial charge is 0.321 e. The van der Waals surface area contributed by atoms with Gasteiger partial charge in [-0.25, -0.2) is 9.38 Å². The average Bonchev–Trinajstić information content (AvgIpc) is 3.13. The van der Waals surface area contributed by atoms with Crippen molar-refractivity contribution in [2.45, 2.75) is 27.7 Å². The zero-order valence-electron chi connectivity index (χ0n) is 18.4. The van der Waals surface area contributed by atoms with E-state index in [0.29, 0.717) is 22.1 Å². The third-order valence-corrected chi connectivity index (χ3v) is 6.63. The number of carbonyl (C=O) groups is 2. The summed E-state index contributed by atoms with van der Waals surface area (Å²) in [6.45, 7) is 7.35. The van der Waals surface area contributed by atoms with Crippen LogP contribution in [0.3, 0.4) is 0 Å². The molecular weight excluding hydrogens is 460 g/mol. The number of halogens is 1. The van der Waals surface area contributed by atoms with Gasteiger partial charge in [0.25, 0.3) is 17.4 Å². The molecule has 2 heterocycles. The molecule has 0 aliphatic carbocycles. The molecule has 7 nitrogen and oxygen atoms in total. The molecule has 4 rings (SSSR count). The zero-order chi connectivity index (χ0) is 23.9. The molecule has 2 N–H and O–H groups in total. The minimum absolute atomic E-state index is 0.0651. The number of thiazole rings is 1. The van der Waals surface area contributed by atoms with Crippen LogP contribution in [0.1, 0.15) is 42.5 Å². The van der Waals surface area contributed by atoms with E-state index in [1.807, 2.05) is 26.0 Å². The van der Waals surface area contributed by atoms with Gasteiger partial charge in [0, 0.05) is 28.2 Å². The van der Waals surface area contributed by atoms with Gasteiger partial charge >= 0.3 is 0 Å². The van der Waals surface area contributed by atoms with Crippen molar-refractivity contribution in [3.63, 3.8) is 0 Å². The maximum absolute atomic E-state index is 13.4. The molecule has 0 spiro atoms. The third kappa shape index (κ3) is 4.40. The summed E-state index contributed by atoms with van der Waals surface area (Å²) in [6, 6.07) is 12.0. The molecule has 0 radical (unpaired) electrons. The predicted octanol–water partition coefficient (Wildman–Crippen LogP) is 5.15. The molecule has 2 aromatic heterocycles. The van der Waals surface area contributed by atoms with Crippen LogP contribution in [0.4, 0.5) is 11.4 Å². The van der Waals surface area contributed by atoms with Crippen LogP contribution >= 0.6 is 22.9 Å². The first-order chi connectivity index (χ1) is 15.7. The maximum atomic E-state index is 13.4. The lowest BCUT2D eigenvalue weighted by atomic mass is 10.1. The summed E-state index contributed by atoms with van der Waals surface area (Å²) in [7, 11) is 0. The Bertz CT molecular complexity index is 1490. The summed E-state index contributed by atoms with van der Waals surface area (Å²) in [4.78, 5) is 44.2. The van der Waals surface area contributed by atoms with Gasteiger partial charge in [-0.2, -0.15) is 0 Å². The highest BCUT2D eigenvalue weighted by Crippen LogP contribution is 2.26. The number of nitrogens with one attached hydrogen (secondary N) is 2. The molecule has 0 saturated heterocycles. The van der Waals surface area contributed by atoms with E-state index in [0.717, 1.165) is 28.0 Å². The van der Waals surface area contributed by atoms with Crippen LogP contribution in [0, 0.1) is 27.7 Å². The number of amides is 2. The summed E-state index contributed by atoms with van der Waals surface area (Å²) in [5, 5.41) is 6.20. The van der Waals surface area contributed by atoms with Crippen molar-refractivity contribution in [2.75, 3.05) is 10.6 Å². The summed E-state index contributed by atoms with van der Waals surface area (Å²) in [6.07, 6.45) is 0. The lowest BCUT2D eigenvalue weighted by Crippen LogP contribution is -2.25. The average molecular weight is 481 g/mol. The van der Waals surface area contributed by atoms with Gasteiger partial charge in [0.05, 0.1) is 0 Å². The fourth-order valence-electron chi connectivity index (χ4n) is 3.46. The molecule has 0 aliphatic heterocycles. The quantitative estimate of drug-likeness (QED) is 0.422. The molecule has 0 saturated carbocycles. The van der Waals surface area contributed by atoms with Crippen LogP contribution in [0.15, 0.2) is 47.3 Å². The molecule has 0 unspecified atom stereocenters. The van der Waals surface area contributed by atoms with Gasteiger partial charge in [-0.3, -0.25) is 14.4 Å². The highest BCUT2D eigenvalue weighted by Gasteiger charge is 2.27. The highest BCUT2D eigenvalue weighted by molar-refractivity contribution is 7.19. The molecule has 168 valence electrons. The minimum atomic E-state index is -0.592. The third-order valence-electron chi connectivity index (χ3n) is 5.36. The van der Waals surface area contributed by atoms with Gasteiger partial charge in [0.15, 0.2) is 4.96 Å². The van der Waals surface area contributed by atoms with Crippen LogP contribution in [0.2, 0.25) is 5.02 Å². The Morgan fingerprint density at radius 3 is 2.39 bits per heavy atom. The highest BCUT2D eigenvalue weighted by atomic mass is 35.5. The van der Waals surface area contributed by atoms with E-state index in [9.17, 15) is 14.4 Å². The summed E-state index contributed by atoms with van der Waals surface area (Å²) in [5.41, 5.74) is 3.85. The second-order valence-corrected chi connectivity index (χ2v) is 9.16. The Morgan fingerprint density at radius 2 is 1.67 bits per heavy atom. The van der Waals surface area contributed by atoms with Gasteiger partial charge < -0.3 is 10.6 Å². The van der Waals surface area contributed by atoms with Gasteiger partial charge in [0.1, 0.15) is 10.6 Å². The first-order valence-corrected chi connectivity index (χ1v) is 11.3. The van der Waals surface area contributed by atoms with Gasteiger partial charge in [-0.05, 0) is 68.7 Å². The molecule has 2 aromatic carbocycles. The molecule has 0 fully saturated rings. The van der Waals surface area contributed by atoms with E-state index in [4.69, 9.17) is 11.6 Å².